The van der Waals surface area contributed by atoms with Crippen LogP contribution in [-0.2, 0) is 0 Å². The summed E-state index contributed by atoms with van der Waals surface area (Å²) < 4.78 is 0. The summed E-state index contributed by atoms with van der Waals surface area (Å²) in [6.07, 6.45) is 0.577. The van der Waals surface area contributed by atoms with Gasteiger partial charge in [-0.25, -0.2) is 4.79 Å². The second kappa shape index (κ2) is 8.79. The van der Waals surface area contributed by atoms with Crippen molar-refractivity contribution in [1.29, 1.82) is 0 Å². The van der Waals surface area contributed by atoms with Crippen molar-refractivity contribution in [1.82, 2.24) is 10.6 Å². The fraction of sp³-hybridized carbons (Fsp3) is 0.176. The highest BCUT2D eigenvalue weighted by molar-refractivity contribution is 6.30. The number of hydrogen-bond acceptors (Lipinski definition) is 3. The van der Waals surface area contributed by atoms with E-state index in [0.29, 0.717) is 35.8 Å². The number of nitrogens with one attached hydrogen (secondary N) is 3. The number of phenolic OH excluding ortho intramolecular Hbond substituents is 1. The molecule has 0 aliphatic heterocycles. The fourth-order valence-electron chi connectivity index (χ4n) is 1.98. The van der Waals surface area contributed by atoms with Gasteiger partial charge in [0, 0.05) is 29.4 Å². The number of anilines is 1. The van der Waals surface area contributed by atoms with E-state index in [2.05, 4.69) is 16.0 Å². The van der Waals surface area contributed by atoms with E-state index in [9.17, 15) is 14.7 Å². The molecule has 0 heterocycles. The van der Waals surface area contributed by atoms with E-state index in [1.54, 1.807) is 36.4 Å². The van der Waals surface area contributed by atoms with Crippen LogP contribution in [0.2, 0.25) is 5.02 Å². The first-order chi connectivity index (χ1) is 11.5. The van der Waals surface area contributed by atoms with Crippen molar-refractivity contribution in [3.05, 3.63) is 59.1 Å². The molecule has 0 saturated carbocycles. The lowest BCUT2D eigenvalue weighted by Crippen LogP contribution is -2.32. The normalized spacial score (nSPS) is 10.0. The number of halogens is 1. The van der Waals surface area contributed by atoms with E-state index in [1.165, 1.54) is 12.1 Å². The molecule has 0 spiro atoms. The predicted molar refractivity (Wildman–Crippen MR) is 93.5 cm³/mol. The molecular formula is C17H18ClN3O3. The van der Waals surface area contributed by atoms with Crippen molar-refractivity contribution in [2.75, 3.05) is 18.4 Å². The quantitative estimate of drug-likeness (QED) is 0.605. The van der Waals surface area contributed by atoms with Crippen molar-refractivity contribution < 1.29 is 14.7 Å². The molecule has 6 nitrogen and oxygen atoms in total. The Morgan fingerprint density at radius 2 is 1.75 bits per heavy atom. The minimum Gasteiger partial charge on any atom is -0.508 e. The van der Waals surface area contributed by atoms with Crippen LogP contribution in [0.1, 0.15) is 16.8 Å². The summed E-state index contributed by atoms with van der Waals surface area (Å²) in [6, 6.07) is 12.6. The van der Waals surface area contributed by atoms with Gasteiger partial charge in [0.05, 0.1) is 0 Å². The monoisotopic (exact) mass is 347 g/mol. The number of carbonyl (C=O) groups excluding carboxylic acids is 2. The van der Waals surface area contributed by atoms with Crippen molar-refractivity contribution >= 4 is 29.2 Å². The maximum absolute atomic E-state index is 11.8. The molecule has 7 heteroatoms. The van der Waals surface area contributed by atoms with Gasteiger partial charge < -0.3 is 21.1 Å². The zero-order valence-corrected chi connectivity index (χ0v) is 13.6. The highest BCUT2D eigenvalue weighted by atomic mass is 35.5. The van der Waals surface area contributed by atoms with Crippen LogP contribution in [0.5, 0.6) is 5.75 Å². The molecule has 3 amide bonds. The molecule has 24 heavy (non-hydrogen) atoms. The molecule has 0 bridgehead atoms. The molecule has 0 aliphatic carbocycles. The van der Waals surface area contributed by atoms with Gasteiger partial charge in [0.25, 0.3) is 5.91 Å². The van der Waals surface area contributed by atoms with Gasteiger partial charge in [-0.1, -0.05) is 23.7 Å². The Morgan fingerprint density at radius 3 is 2.50 bits per heavy atom. The van der Waals surface area contributed by atoms with Crippen LogP contribution in [0, 0.1) is 0 Å². The molecule has 0 saturated heterocycles. The molecule has 0 radical (unpaired) electrons. The Labute approximate surface area is 144 Å². The van der Waals surface area contributed by atoms with Crippen LogP contribution in [0.15, 0.2) is 48.5 Å². The van der Waals surface area contributed by atoms with Crippen molar-refractivity contribution in [3.8, 4) is 5.75 Å². The van der Waals surface area contributed by atoms with Crippen molar-refractivity contribution in [2.24, 2.45) is 0 Å². The Hall–Kier alpha value is -2.73. The van der Waals surface area contributed by atoms with Crippen LogP contribution in [0.3, 0.4) is 0 Å². The molecule has 2 aromatic rings. The summed E-state index contributed by atoms with van der Waals surface area (Å²) in [4.78, 5) is 23.5. The van der Waals surface area contributed by atoms with Gasteiger partial charge in [-0.05, 0) is 42.8 Å². The van der Waals surface area contributed by atoms with E-state index in [1.807, 2.05) is 0 Å². The maximum Gasteiger partial charge on any atom is 0.319 e. The molecule has 0 unspecified atom stereocenters. The number of hydrogen-bond donors (Lipinski definition) is 4. The maximum atomic E-state index is 11.8. The average Bonchev–Trinajstić information content (AvgIpc) is 2.54. The zero-order chi connectivity index (χ0) is 17.4. The lowest BCUT2D eigenvalue weighted by Gasteiger charge is -2.09. The highest BCUT2D eigenvalue weighted by Crippen LogP contribution is 2.14. The summed E-state index contributed by atoms with van der Waals surface area (Å²) in [7, 11) is 0. The minimum atomic E-state index is -0.337. The summed E-state index contributed by atoms with van der Waals surface area (Å²) in [5.74, 6) is -0.226. The average molecular weight is 348 g/mol. The number of benzene rings is 2. The molecule has 0 aromatic heterocycles. The van der Waals surface area contributed by atoms with Gasteiger partial charge in [-0.15, -0.1) is 0 Å². The number of carbonyl (C=O) groups is 2. The molecule has 2 aromatic carbocycles. The third-order valence-corrected chi connectivity index (χ3v) is 3.35. The predicted octanol–water partition coefficient (Wildman–Crippen LogP) is 2.99. The van der Waals surface area contributed by atoms with E-state index in [4.69, 9.17) is 11.6 Å². The van der Waals surface area contributed by atoms with E-state index in [-0.39, 0.29) is 17.7 Å². The standard InChI is InChI=1S/C17H18ClN3O3/c18-13-5-2-6-14(11-13)21-17(24)20-9-3-8-19-16(23)12-4-1-7-15(22)10-12/h1-2,4-7,10-11,22H,3,8-9H2,(H,19,23)(H2,20,21,24). The second-order valence-electron chi connectivity index (χ2n) is 5.05. The minimum absolute atomic E-state index is 0.0435. The number of aromatic hydroxyl groups is 1. The first kappa shape index (κ1) is 17.6. The SMILES string of the molecule is O=C(NCCCNC(=O)c1cccc(O)c1)Nc1cccc(Cl)c1. The van der Waals surface area contributed by atoms with Crippen LogP contribution in [0.25, 0.3) is 0 Å². The Morgan fingerprint density at radius 1 is 1.00 bits per heavy atom. The molecule has 0 aliphatic rings. The van der Waals surface area contributed by atoms with Gasteiger partial charge in [-0.3, -0.25) is 4.79 Å². The van der Waals surface area contributed by atoms with Crippen LogP contribution >= 0.6 is 11.6 Å². The van der Waals surface area contributed by atoms with Gasteiger partial charge >= 0.3 is 6.03 Å². The van der Waals surface area contributed by atoms with Crippen LogP contribution in [0.4, 0.5) is 10.5 Å². The van der Waals surface area contributed by atoms with Crippen molar-refractivity contribution in [3.63, 3.8) is 0 Å². The molecule has 0 atom stereocenters. The van der Waals surface area contributed by atoms with Crippen LogP contribution < -0.4 is 16.0 Å². The zero-order valence-electron chi connectivity index (χ0n) is 12.9. The van der Waals surface area contributed by atoms with Crippen LogP contribution in [-0.4, -0.2) is 30.1 Å². The molecule has 126 valence electrons. The Bertz CT molecular complexity index is 722. The van der Waals surface area contributed by atoms with E-state index in [0.717, 1.165) is 0 Å². The first-order valence-corrected chi connectivity index (χ1v) is 7.80. The number of rotatable bonds is 6. The van der Waals surface area contributed by atoms with E-state index >= 15 is 0 Å². The highest BCUT2D eigenvalue weighted by Gasteiger charge is 2.05. The molecule has 2 rings (SSSR count). The number of urea groups is 1. The number of amides is 3. The van der Waals surface area contributed by atoms with Gasteiger partial charge in [-0.2, -0.15) is 0 Å². The van der Waals surface area contributed by atoms with E-state index < -0.39 is 0 Å². The largest absolute Gasteiger partial charge is 0.508 e. The lowest BCUT2D eigenvalue weighted by molar-refractivity contribution is 0.0953. The smallest absolute Gasteiger partial charge is 0.319 e. The summed E-state index contributed by atoms with van der Waals surface area (Å²) in [5, 5.41) is 17.9. The Balaban J connectivity index is 1.64. The molecule has 0 fully saturated rings. The lowest BCUT2D eigenvalue weighted by atomic mass is 10.2. The first-order valence-electron chi connectivity index (χ1n) is 7.42. The second-order valence-corrected chi connectivity index (χ2v) is 5.49. The summed E-state index contributed by atoms with van der Waals surface area (Å²) >= 11 is 5.84. The van der Waals surface area contributed by atoms with Gasteiger partial charge in [0.2, 0.25) is 0 Å². The summed E-state index contributed by atoms with van der Waals surface area (Å²) in [5.41, 5.74) is 0.999. The third kappa shape index (κ3) is 5.81. The Kier molecular flexibility index (Phi) is 6.45. The van der Waals surface area contributed by atoms with Gasteiger partial charge in [0.15, 0.2) is 0 Å². The molecule has 4 N–H and O–H groups in total. The summed E-state index contributed by atoms with van der Waals surface area (Å²) in [6.45, 7) is 0.818. The van der Waals surface area contributed by atoms with Gasteiger partial charge in [0.1, 0.15) is 5.75 Å². The van der Waals surface area contributed by atoms with Crippen molar-refractivity contribution in [2.45, 2.75) is 6.42 Å². The molecular weight excluding hydrogens is 330 g/mol. The fourth-order valence-corrected chi connectivity index (χ4v) is 2.17. The number of phenols is 1. The topological polar surface area (TPSA) is 90.5 Å². The third-order valence-electron chi connectivity index (χ3n) is 3.12.